The van der Waals surface area contributed by atoms with Crippen molar-refractivity contribution >= 4 is 17.2 Å². The molecule has 34 heavy (non-hydrogen) atoms. The lowest BCUT2D eigenvalue weighted by atomic mass is 9.90. The minimum atomic E-state index is -0.276. The third-order valence-corrected chi connectivity index (χ3v) is 6.80. The van der Waals surface area contributed by atoms with Crippen molar-refractivity contribution in [3.63, 3.8) is 0 Å². The van der Waals surface area contributed by atoms with Crippen LogP contribution < -0.4 is 15.5 Å². The number of hydrogen-bond acceptors (Lipinski definition) is 7. The summed E-state index contributed by atoms with van der Waals surface area (Å²) in [4.78, 5) is 4.66. The van der Waals surface area contributed by atoms with Gasteiger partial charge in [-0.3, -0.25) is 5.41 Å². The molecule has 0 bridgehead atoms. The molecule has 3 N–H and O–H groups in total. The molecule has 4 atom stereocenters. The minimum absolute atomic E-state index is 0.143. The zero-order valence-corrected chi connectivity index (χ0v) is 19.3. The highest BCUT2D eigenvalue weighted by molar-refractivity contribution is 5.88. The van der Waals surface area contributed by atoms with Crippen LogP contribution in [-0.4, -0.2) is 82.9 Å². The van der Waals surface area contributed by atoms with Crippen LogP contribution in [-0.2, 0) is 18.9 Å². The van der Waals surface area contributed by atoms with E-state index in [1.807, 2.05) is 0 Å². The van der Waals surface area contributed by atoms with Gasteiger partial charge in [0.25, 0.3) is 0 Å². The van der Waals surface area contributed by atoms with E-state index >= 15 is 0 Å². The van der Waals surface area contributed by atoms with Crippen LogP contribution in [0.25, 0.3) is 0 Å². The molecule has 2 aromatic carbocycles. The van der Waals surface area contributed by atoms with Gasteiger partial charge >= 0.3 is 0 Å². The standard InChI is InChI=1S/C26H32N4O4/c27-26(28)25(17-1-5-19(6-2-17)29(9-21-13-31-21)10-22-14-32-22)18-3-7-20(8-4-18)30(11-23-15-33-23)12-24-16-34-24/h1-8,21-25H,9-16H2,(H3,27,28). The molecule has 2 aromatic rings. The van der Waals surface area contributed by atoms with E-state index in [1.165, 1.54) is 0 Å². The molecule has 4 aliphatic heterocycles. The number of nitrogens with two attached hydrogens (primary N) is 1. The third-order valence-electron chi connectivity index (χ3n) is 6.80. The number of hydrogen-bond donors (Lipinski definition) is 2. The van der Waals surface area contributed by atoms with Crippen molar-refractivity contribution in [2.45, 2.75) is 30.3 Å². The molecule has 180 valence electrons. The van der Waals surface area contributed by atoms with Crippen LogP contribution in [0, 0.1) is 5.41 Å². The average Bonchev–Trinajstić information content (AvgIpc) is 3.67. The van der Waals surface area contributed by atoms with Crippen LogP contribution in [0.4, 0.5) is 11.4 Å². The summed E-state index contributed by atoms with van der Waals surface area (Å²) in [6.07, 6.45) is 1.28. The molecule has 8 nitrogen and oxygen atoms in total. The van der Waals surface area contributed by atoms with Crippen LogP contribution >= 0.6 is 0 Å². The lowest BCUT2D eigenvalue weighted by molar-refractivity contribution is 0.388. The molecule has 0 saturated carbocycles. The lowest BCUT2D eigenvalue weighted by Gasteiger charge is -2.25. The smallest absolute Gasteiger partial charge is 0.103 e. The molecular weight excluding hydrogens is 432 g/mol. The summed E-state index contributed by atoms with van der Waals surface area (Å²) in [6.45, 7) is 6.86. The molecule has 0 spiro atoms. The topological polar surface area (TPSA) is 106 Å². The normalized spacial score (nSPS) is 27.1. The predicted molar refractivity (Wildman–Crippen MR) is 130 cm³/mol. The number of ether oxygens (including phenoxy) is 4. The Labute approximate surface area is 200 Å². The van der Waals surface area contributed by atoms with E-state index in [0.717, 1.165) is 75.1 Å². The van der Waals surface area contributed by atoms with Crippen LogP contribution in [0.1, 0.15) is 17.0 Å². The molecule has 0 radical (unpaired) electrons. The Morgan fingerprint density at radius 1 is 0.676 bits per heavy atom. The fraction of sp³-hybridized carbons (Fsp3) is 0.500. The molecule has 4 heterocycles. The molecule has 8 heteroatoms. The molecule has 4 saturated heterocycles. The molecular formula is C26H32N4O4. The second-order valence-corrected chi connectivity index (χ2v) is 9.70. The van der Waals surface area contributed by atoms with Crippen molar-refractivity contribution in [1.29, 1.82) is 5.41 Å². The van der Waals surface area contributed by atoms with Crippen LogP contribution in [0.2, 0.25) is 0 Å². The van der Waals surface area contributed by atoms with E-state index in [0.29, 0.717) is 24.4 Å². The first-order valence-corrected chi connectivity index (χ1v) is 12.1. The van der Waals surface area contributed by atoms with E-state index in [-0.39, 0.29) is 11.8 Å². The molecule has 0 aromatic heterocycles. The van der Waals surface area contributed by atoms with Crippen molar-refractivity contribution in [1.82, 2.24) is 0 Å². The summed E-state index contributed by atoms with van der Waals surface area (Å²) < 4.78 is 21.8. The number of nitrogens with one attached hydrogen (secondary N) is 1. The summed E-state index contributed by atoms with van der Waals surface area (Å²) in [7, 11) is 0. The van der Waals surface area contributed by atoms with Gasteiger partial charge in [0.2, 0.25) is 0 Å². The summed E-state index contributed by atoms with van der Waals surface area (Å²) in [6, 6.07) is 16.8. The van der Waals surface area contributed by atoms with E-state index in [2.05, 4.69) is 58.3 Å². The molecule has 4 aliphatic rings. The maximum atomic E-state index is 8.30. The Hall–Kier alpha value is -2.65. The monoisotopic (exact) mass is 464 g/mol. The second-order valence-electron chi connectivity index (χ2n) is 9.70. The first-order valence-electron chi connectivity index (χ1n) is 12.1. The second kappa shape index (κ2) is 9.19. The largest absolute Gasteiger partial charge is 0.387 e. The third kappa shape index (κ3) is 5.52. The first kappa shape index (κ1) is 21.9. The van der Waals surface area contributed by atoms with Gasteiger partial charge in [0.05, 0.1) is 56.8 Å². The highest BCUT2D eigenvalue weighted by atomic mass is 16.6. The van der Waals surface area contributed by atoms with Crippen LogP contribution in [0.15, 0.2) is 48.5 Å². The molecule has 0 amide bonds. The fourth-order valence-corrected chi connectivity index (χ4v) is 4.55. The Morgan fingerprint density at radius 3 is 1.21 bits per heavy atom. The quantitative estimate of drug-likeness (QED) is 0.265. The van der Waals surface area contributed by atoms with Crippen LogP contribution in [0.3, 0.4) is 0 Å². The van der Waals surface area contributed by atoms with Gasteiger partial charge in [-0.25, -0.2) is 0 Å². The number of amidine groups is 1. The minimum Gasteiger partial charge on any atom is -0.387 e. The maximum Gasteiger partial charge on any atom is 0.103 e. The van der Waals surface area contributed by atoms with E-state index in [1.54, 1.807) is 0 Å². The van der Waals surface area contributed by atoms with Gasteiger partial charge in [0, 0.05) is 37.6 Å². The zero-order valence-electron chi connectivity index (χ0n) is 19.3. The van der Waals surface area contributed by atoms with Crippen molar-refractivity contribution in [2.75, 3.05) is 62.4 Å². The Bertz CT molecular complexity index is 895. The van der Waals surface area contributed by atoms with E-state index in [9.17, 15) is 0 Å². The Balaban J connectivity index is 1.18. The fourth-order valence-electron chi connectivity index (χ4n) is 4.55. The van der Waals surface area contributed by atoms with Gasteiger partial charge in [0.15, 0.2) is 0 Å². The number of epoxide rings is 4. The molecule has 6 rings (SSSR count). The Kier molecular flexibility index (Phi) is 5.90. The molecule has 0 aliphatic carbocycles. The van der Waals surface area contributed by atoms with E-state index < -0.39 is 0 Å². The van der Waals surface area contributed by atoms with Crippen molar-refractivity contribution in [3.8, 4) is 0 Å². The summed E-state index contributed by atoms with van der Waals surface area (Å²) in [5, 5.41) is 8.30. The summed E-state index contributed by atoms with van der Waals surface area (Å²) >= 11 is 0. The SMILES string of the molecule is N=C(N)C(c1ccc(N(CC2CO2)CC2CO2)cc1)c1ccc(N(CC2CO2)CC2CO2)cc1. The van der Waals surface area contributed by atoms with Gasteiger partial charge in [-0.05, 0) is 35.4 Å². The summed E-state index contributed by atoms with van der Waals surface area (Å²) in [5.41, 5.74) is 10.4. The van der Waals surface area contributed by atoms with Crippen molar-refractivity contribution in [2.24, 2.45) is 5.73 Å². The lowest BCUT2D eigenvalue weighted by Crippen LogP contribution is -2.31. The maximum absolute atomic E-state index is 8.30. The highest BCUT2D eigenvalue weighted by Gasteiger charge is 2.32. The van der Waals surface area contributed by atoms with Crippen molar-refractivity contribution < 1.29 is 18.9 Å². The predicted octanol–water partition coefficient (Wildman–Crippen LogP) is 1.96. The zero-order chi connectivity index (χ0) is 23.1. The number of rotatable bonds is 13. The van der Waals surface area contributed by atoms with Gasteiger partial charge in [0.1, 0.15) is 5.84 Å². The highest BCUT2D eigenvalue weighted by Crippen LogP contribution is 2.30. The van der Waals surface area contributed by atoms with E-state index in [4.69, 9.17) is 30.1 Å². The van der Waals surface area contributed by atoms with Crippen molar-refractivity contribution in [3.05, 3.63) is 59.7 Å². The first-order chi connectivity index (χ1) is 16.6. The Morgan fingerprint density at radius 2 is 0.971 bits per heavy atom. The van der Waals surface area contributed by atoms with Gasteiger partial charge < -0.3 is 34.5 Å². The van der Waals surface area contributed by atoms with Gasteiger partial charge in [-0.1, -0.05) is 24.3 Å². The average molecular weight is 465 g/mol. The summed E-state index contributed by atoms with van der Waals surface area (Å²) in [5.74, 6) is -0.133. The van der Waals surface area contributed by atoms with Gasteiger partial charge in [-0.15, -0.1) is 0 Å². The number of benzene rings is 2. The molecule has 4 fully saturated rings. The number of nitrogens with zero attached hydrogens (tertiary/aromatic N) is 2. The van der Waals surface area contributed by atoms with Gasteiger partial charge in [-0.2, -0.15) is 0 Å². The molecule has 4 unspecified atom stereocenters. The van der Waals surface area contributed by atoms with Crippen LogP contribution in [0.5, 0.6) is 0 Å². The number of anilines is 2.